The van der Waals surface area contributed by atoms with Crippen molar-refractivity contribution in [3.05, 3.63) is 71.5 Å². The van der Waals surface area contributed by atoms with Crippen LogP contribution in [0.5, 0.6) is 0 Å². The van der Waals surface area contributed by atoms with E-state index in [1.165, 1.54) is 33.4 Å². The van der Waals surface area contributed by atoms with E-state index >= 15 is 0 Å². The average Bonchev–Trinajstić information content (AvgIpc) is 3.45. The number of β-amino-alcohol motifs (C(OH)–C–C–N with tert-alkyl or cyclic N) is 1. The molecule has 1 unspecified atom stereocenters. The highest BCUT2D eigenvalue weighted by Crippen LogP contribution is 2.44. The second kappa shape index (κ2) is 6.45. The molecule has 1 aromatic heterocycles. The summed E-state index contributed by atoms with van der Waals surface area (Å²) < 4.78 is 5.67. The van der Waals surface area contributed by atoms with Gasteiger partial charge in [0.25, 0.3) is 0 Å². The smallest absolute Gasteiger partial charge is 0.409 e. The van der Waals surface area contributed by atoms with E-state index in [9.17, 15) is 9.90 Å². The Hall–Kier alpha value is -3.19. The molecule has 3 aromatic rings. The Balaban J connectivity index is 1.30. The van der Waals surface area contributed by atoms with E-state index in [4.69, 9.17) is 4.74 Å². The SMILES string of the molecule is O=C(OCC1c2ccccc2-c2ccccc21)N1CCC(O)(c2cn[nH]n2)C1. The highest BCUT2D eigenvalue weighted by molar-refractivity contribution is 5.79. The van der Waals surface area contributed by atoms with E-state index in [0.717, 1.165) is 0 Å². The van der Waals surface area contributed by atoms with Gasteiger partial charge in [-0.15, -0.1) is 0 Å². The fourth-order valence-electron chi connectivity index (χ4n) is 4.27. The lowest BCUT2D eigenvalue weighted by Gasteiger charge is -2.22. The van der Waals surface area contributed by atoms with Gasteiger partial charge < -0.3 is 14.7 Å². The molecule has 1 aliphatic heterocycles. The second-order valence-electron chi connectivity index (χ2n) is 7.36. The molecule has 2 aliphatic rings. The molecule has 0 spiro atoms. The van der Waals surface area contributed by atoms with Crippen molar-refractivity contribution >= 4 is 6.09 Å². The standard InChI is InChI=1S/C21H20N4O3/c26-20(25-10-9-21(27,13-25)19-11-22-24-23-19)28-12-18-16-7-3-1-5-14(16)15-6-2-4-8-17(15)18/h1-8,11,18,27H,9-10,12-13H2,(H,22,23,24). The highest BCUT2D eigenvalue weighted by Gasteiger charge is 2.42. The number of aromatic nitrogens is 3. The fourth-order valence-corrected chi connectivity index (χ4v) is 4.27. The average molecular weight is 376 g/mol. The summed E-state index contributed by atoms with van der Waals surface area (Å²) in [4.78, 5) is 14.2. The molecule has 1 atom stereocenters. The summed E-state index contributed by atoms with van der Waals surface area (Å²) in [6.45, 7) is 0.835. The number of H-pyrrole nitrogens is 1. The van der Waals surface area contributed by atoms with Crippen molar-refractivity contribution in [1.29, 1.82) is 0 Å². The number of amides is 1. The van der Waals surface area contributed by atoms with E-state index in [2.05, 4.69) is 39.7 Å². The number of fused-ring (bicyclic) bond motifs is 3. The van der Waals surface area contributed by atoms with Gasteiger partial charge in [0.2, 0.25) is 0 Å². The van der Waals surface area contributed by atoms with Crippen molar-refractivity contribution in [3.8, 4) is 11.1 Å². The van der Waals surface area contributed by atoms with Crippen LogP contribution in [0.25, 0.3) is 11.1 Å². The number of carbonyl (C=O) groups is 1. The number of nitrogens with zero attached hydrogens (tertiary/aromatic N) is 3. The fraction of sp³-hybridized carbons (Fsp3) is 0.286. The first-order valence-corrected chi connectivity index (χ1v) is 9.34. The molecule has 7 nitrogen and oxygen atoms in total. The van der Waals surface area contributed by atoms with E-state index in [-0.39, 0.29) is 19.1 Å². The molecule has 2 N–H and O–H groups in total. The molecular weight excluding hydrogens is 356 g/mol. The number of rotatable bonds is 3. The third kappa shape index (κ3) is 2.66. The maximum atomic E-state index is 12.6. The van der Waals surface area contributed by atoms with Crippen LogP contribution in [0.1, 0.15) is 29.2 Å². The Kier molecular flexibility index (Phi) is 3.91. The van der Waals surface area contributed by atoms with Crippen LogP contribution in [-0.4, -0.2) is 51.2 Å². The van der Waals surface area contributed by atoms with Crippen LogP contribution in [0.4, 0.5) is 4.79 Å². The third-order valence-electron chi connectivity index (χ3n) is 5.73. The van der Waals surface area contributed by atoms with Crippen LogP contribution in [0.3, 0.4) is 0 Å². The molecule has 1 aliphatic carbocycles. The van der Waals surface area contributed by atoms with Crippen LogP contribution in [-0.2, 0) is 10.3 Å². The summed E-state index contributed by atoms with van der Waals surface area (Å²) in [6, 6.07) is 16.5. The first-order chi connectivity index (χ1) is 13.7. The molecule has 7 heteroatoms. The van der Waals surface area contributed by atoms with Gasteiger partial charge in [-0.25, -0.2) is 4.79 Å². The number of hydrogen-bond donors (Lipinski definition) is 2. The summed E-state index contributed by atoms with van der Waals surface area (Å²) >= 11 is 0. The van der Waals surface area contributed by atoms with E-state index in [1.807, 2.05) is 24.3 Å². The van der Waals surface area contributed by atoms with Crippen molar-refractivity contribution in [3.63, 3.8) is 0 Å². The van der Waals surface area contributed by atoms with Gasteiger partial charge in [0.05, 0.1) is 12.7 Å². The van der Waals surface area contributed by atoms with Gasteiger partial charge in [0, 0.05) is 18.9 Å². The summed E-state index contributed by atoms with van der Waals surface area (Å²) in [5, 5.41) is 20.9. The quantitative estimate of drug-likeness (QED) is 0.733. The Morgan fingerprint density at radius 2 is 1.86 bits per heavy atom. The zero-order valence-corrected chi connectivity index (χ0v) is 15.2. The summed E-state index contributed by atoms with van der Waals surface area (Å²) in [5.74, 6) is 0.0216. The number of aliphatic hydroxyl groups is 1. The zero-order chi connectivity index (χ0) is 19.1. The lowest BCUT2D eigenvalue weighted by molar-refractivity contribution is 0.0375. The molecule has 2 heterocycles. The van der Waals surface area contributed by atoms with Crippen LogP contribution >= 0.6 is 0 Å². The molecule has 0 radical (unpaired) electrons. The zero-order valence-electron chi connectivity index (χ0n) is 15.2. The van der Waals surface area contributed by atoms with Crippen molar-refractivity contribution in [2.75, 3.05) is 19.7 Å². The first-order valence-electron chi connectivity index (χ1n) is 9.34. The summed E-state index contributed by atoms with van der Waals surface area (Å²) in [6.07, 6.45) is 1.48. The maximum Gasteiger partial charge on any atom is 0.409 e. The van der Waals surface area contributed by atoms with Crippen LogP contribution in [0, 0.1) is 0 Å². The molecule has 5 rings (SSSR count). The molecule has 1 saturated heterocycles. The molecule has 1 amide bonds. The molecule has 1 fully saturated rings. The third-order valence-corrected chi connectivity index (χ3v) is 5.73. The van der Waals surface area contributed by atoms with Gasteiger partial charge >= 0.3 is 6.09 Å². The van der Waals surface area contributed by atoms with E-state index in [1.54, 1.807) is 0 Å². The first kappa shape index (κ1) is 16.9. The molecule has 28 heavy (non-hydrogen) atoms. The van der Waals surface area contributed by atoms with Crippen molar-refractivity contribution < 1.29 is 14.6 Å². The van der Waals surface area contributed by atoms with Gasteiger partial charge in [0.1, 0.15) is 17.9 Å². The number of carbonyl (C=O) groups excluding carboxylic acids is 1. The Labute approximate surface area is 162 Å². The molecule has 2 aromatic carbocycles. The monoisotopic (exact) mass is 376 g/mol. The van der Waals surface area contributed by atoms with Gasteiger partial charge in [0.15, 0.2) is 0 Å². The number of ether oxygens (including phenoxy) is 1. The molecule has 0 saturated carbocycles. The summed E-state index contributed by atoms with van der Waals surface area (Å²) in [7, 11) is 0. The highest BCUT2D eigenvalue weighted by atomic mass is 16.6. The Morgan fingerprint density at radius 3 is 2.50 bits per heavy atom. The number of hydrogen-bond acceptors (Lipinski definition) is 5. The minimum atomic E-state index is -1.18. The molecule has 0 bridgehead atoms. The Morgan fingerprint density at radius 1 is 1.18 bits per heavy atom. The largest absolute Gasteiger partial charge is 0.448 e. The van der Waals surface area contributed by atoms with Crippen LogP contribution in [0.15, 0.2) is 54.7 Å². The minimum absolute atomic E-state index is 0.0216. The maximum absolute atomic E-state index is 12.6. The van der Waals surface area contributed by atoms with Crippen LogP contribution in [0.2, 0.25) is 0 Å². The van der Waals surface area contributed by atoms with E-state index < -0.39 is 11.7 Å². The van der Waals surface area contributed by atoms with Crippen molar-refractivity contribution in [1.82, 2.24) is 20.3 Å². The number of likely N-dealkylation sites (tertiary alicyclic amines) is 1. The summed E-state index contributed by atoms with van der Waals surface area (Å²) in [5.41, 5.74) is 4.01. The van der Waals surface area contributed by atoms with E-state index in [0.29, 0.717) is 18.7 Å². The lowest BCUT2D eigenvalue weighted by atomic mass is 9.98. The lowest BCUT2D eigenvalue weighted by Crippen LogP contribution is -2.35. The number of aromatic amines is 1. The van der Waals surface area contributed by atoms with Gasteiger partial charge in [-0.1, -0.05) is 48.5 Å². The van der Waals surface area contributed by atoms with Gasteiger partial charge in [-0.2, -0.15) is 15.4 Å². The Bertz CT molecular complexity index is 975. The minimum Gasteiger partial charge on any atom is -0.448 e. The van der Waals surface area contributed by atoms with Crippen molar-refractivity contribution in [2.45, 2.75) is 17.9 Å². The number of benzene rings is 2. The predicted octanol–water partition coefficient (Wildman–Crippen LogP) is 2.65. The number of nitrogens with one attached hydrogen (secondary N) is 1. The normalized spacial score (nSPS) is 20.8. The van der Waals surface area contributed by atoms with Crippen molar-refractivity contribution in [2.24, 2.45) is 0 Å². The molecule has 142 valence electrons. The second-order valence-corrected chi connectivity index (χ2v) is 7.36. The topological polar surface area (TPSA) is 91.3 Å². The van der Waals surface area contributed by atoms with Gasteiger partial charge in [-0.3, -0.25) is 0 Å². The molecular formula is C21H20N4O3. The predicted molar refractivity (Wildman–Crippen MR) is 102 cm³/mol. The van der Waals surface area contributed by atoms with Gasteiger partial charge in [-0.05, 0) is 22.3 Å². The van der Waals surface area contributed by atoms with Crippen LogP contribution < -0.4 is 0 Å².